The lowest BCUT2D eigenvalue weighted by Crippen LogP contribution is -2.46. The molecule has 1 aliphatic heterocycles. The van der Waals surface area contributed by atoms with Crippen LogP contribution in [0.2, 0.25) is 0 Å². The molecule has 4 rings (SSSR count). The van der Waals surface area contributed by atoms with E-state index in [4.69, 9.17) is 14.3 Å². The van der Waals surface area contributed by atoms with E-state index in [1.54, 1.807) is 12.1 Å². The summed E-state index contributed by atoms with van der Waals surface area (Å²) >= 11 is 0. The van der Waals surface area contributed by atoms with Crippen molar-refractivity contribution >= 4 is 16.7 Å². The normalized spacial score (nSPS) is 14.3. The van der Waals surface area contributed by atoms with E-state index in [0.29, 0.717) is 17.6 Å². The van der Waals surface area contributed by atoms with Crippen LogP contribution in [0.25, 0.3) is 11.0 Å². The van der Waals surface area contributed by atoms with Crippen molar-refractivity contribution in [2.24, 2.45) is 0 Å². The Hall–Kier alpha value is -2.83. The van der Waals surface area contributed by atoms with Gasteiger partial charge < -0.3 is 19.2 Å². The number of benzene rings is 2. The van der Waals surface area contributed by atoms with Gasteiger partial charge in [0.15, 0.2) is 5.43 Å². The van der Waals surface area contributed by atoms with Crippen molar-refractivity contribution in [1.82, 2.24) is 4.90 Å². The largest absolute Gasteiger partial charge is 0.493 e. The van der Waals surface area contributed by atoms with Crippen LogP contribution in [0.5, 0.6) is 5.75 Å². The highest BCUT2D eigenvalue weighted by molar-refractivity contribution is 5.77. The van der Waals surface area contributed by atoms with Gasteiger partial charge >= 0.3 is 0 Å². The average Bonchev–Trinajstić information content (AvgIpc) is 2.79. The zero-order chi connectivity index (χ0) is 20.5. The predicted octanol–water partition coefficient (Wildman–Crippen LogP) is 2.99. The smallest absolute Gasteiger partial charge is 0.192 e. The summed E-state index contributed by atoms with van der Waals surface area (Å²) in [6, 6.07) is 17.4. The molecule has 0 radical (unpaired) electrons. The third kappa shape index (κ3) is 5.59. The van der Waals surface area contributed by atoms with Crippen LogP contribution < -0.4 is 15.1 Å². The van der Waals surface area contributed by atoms with Crippen molar-refractivity contribution < 1.29 is 14.3 Å². The second-order valence-corrected chi connectivity index (χ2v) is 6.81. The maximum Gasteiger partial charge on any atom is 0.192 e. The van der Waals surface area contributed by atoms with Gasteiger partial charge in [-0.2, -0.15) is 0 Å². The third-order valence-electron chi connectivity index (χ3n) is 5.01. The molecule has 1 saturated heterocycles. The van der Waals surface area contributed by atoms with Crippen molar-refractivity contribution in [1.29, 1.82) is 0 Å². The SMILES string of the molecule is CO.O=c1ccoc2cc(OCCCN3CCN(c4ccccc4)CC3)ccc12. The number of hydrogen-bond donors (Lipinski definition) is 1. The molecule has 29 heavy (non-hydrogen) atoms. The lowest BCUT2D eigenvalue weighted by Gasteiger charge is -2.36. The molecule has 0 spiro atoms. The van der Waals surface area contributed by atoms with Crippen molar-refractivity contribution in [3.8, 4) is 5.75 Å². The molecule has 0 aliphatic carbocycles. The average molecular weight is 396 g/mol. The van der Waals surface area contributed by atoms with Crippen molar-refractivity contribution in [3.05, 3.63) is 71.1 Å². The molecule has 2 aromatic carbocycles. The molecule has 2 heterocycles. The standard InChI is InChI=1S/C22H24N2O3.CH4O/c25-21-9-16-27-22-17-19(7-8-20(21)22)26-15-4-10-23-11-13-24(14-12-23)18-5-2-1-3-6-18;1-2/h1-3,5-9,16-17H,4,10-15H2;2H,1H3. The Morgan fingerprint density at radius 1 is 1.00 bits per heavy atom. The van der Waals surface area contributed by atoms with Crippen LogP contribution in [-0.2, 0) is 0 Å². The summed E-state index contributed by atoms with van der Waals surface area (Å²) in [5.41, 5.74) is 1.85. The molecule has 0 atom stereocenters. The van der Waals surface area contributed by atoms with Crippen LogP contribution in [0.3, 0.4) is 0 Å². The van der Waals surface area contributed by atoms with E-state index in [9.17, 15) is 4.79 Å². The van der Waals surface area contributed by atoms with Gasteiger partial charge in [0.2, 0.25) is 0 Å². The molecule has 0 amide bonds. The molecule has 6 heteroatoms. The number of hydrogen-bond acceptors (Lipinski definition) is 6. The van der Waals surface area contributed by atoms with E-state index in [-0.39, 0.29) is 5.43 Å². The Morgan fingerprint density at radius 2 is 1.76 bits per heavy atom. The molecule has 0 saturated carbocycles. The lowest BCUT2D eigenvalue weighted by molar-refractivity contribution is 0.225. The number of anilines is 1. The van der Waals surface area contributed by atoms with Gasteiger partial charge in [-0.1, -0.05) is 18.2 Å². The Balaban J connectivity index is 0.00000117. The first-order valence-corrected chi connectivity index (χ1v) is 9.91. The zero-order valence-electron chi connectivity index (χ0n) is 16.8. The Morgan fingerprint density at radius 3 is 2.52 bits per heavy atom. The highest BCUT2D eigenvalue weighted by Gasteiger charge is 2.16. The Labute approximate surface area is 170 Å². The van der Waals surface area contributed by atoms with Gasteiger partial charge in [-0.25, -0.2) is 0 Å². The quantitative estimate of drug-likeness (QED) is 0.646. The fourth-order valence-electron chi connectivity index (χ4n) is 3.50. The summed E-state index contributed by atoms with van der Waals surface area (Å²) in [6.45, 7) is 5.97. The van der Waals surface area contributed by atoms with Crippen LogP contribution in [0.15, 0.2) is 70.1 Å². The fraction of sp³-hybridized carbons (Fsp3) is 0.348. The third-order valence-corrected chi connectivity index (χ3v) is 5.01. The molecule has 1 aliphatic rings. The Bertz CT molecular complexity index is 934. The first-order chi connectivity index (χ1) is 14.3. The van der Waals surface area contributed by atoms with E-state index in [0.717, 1.165) is 52.0 Å². The van der Waals surface area contributed by atoms with Crippen LogP contribution >= 0.6 is 0 Å². The van der Waals surface area contributed by atoms with E-state index in [1.807, 2.05) is 6.07 Å². The van der Waals surface area contributed by atoms with Crippen molar-refractivity contribution in [3.63, 3.8) is 0 Å². The molecule has 1 aromatic heterocycles. The van der Waals surface area contributed by atoms with Gasteiger partial charge in [-0.05, 0) is 30.7 Å². The van der Waals surface area contributed by atoms with Gasteiger partial charge in [-0.15, -0.1) is 0 Å². The number of aliphatic hydroxyl groups is 1. The number of rotatable bonds is 6. The van der Waals surface area contributed by atoms with E-state index in [2.05, 4.69) is 40.1 Å². The topological polar surface area (TPSA) is 66.2 Å². The number of nitrogens with zero attached hydrogens (tertiary/aromatic N) is 2. The van der Waals surface area contributed by atoms with E-state index in [1.165, 1.54) is 18.0 Å². The van der Waals surface area contributed by atoms with Gasteiger partial charge in [-0.3, -0.25) is 9.69 Å². The molecule has 154 valence electrons. The van der Waals surface area contributed by atoms with E-state index >= 15 is 0 Å². The maximum absolute atomic E-state index is 11.7. The van der Waals surface area contributed by atoms with Crippen LogP contribution in [0, 0.1) is 0 Å². The van der Waals surface area contributed by atoms with Crippen molar-refractivity contribution in [2.75, 3.05) is 51.3 Å². The zero-order valence-corrected chi connectivity index (χ0v) is 16.8. The van der Waals surface area contributed by atoms with Gasteiger partial charge in [0.1, 0.15) is 11.3 Å². The second kappa shape index (κ2) is 10.6. The number of aliphatic hydroxyl groups excluding tert-OH is 1. The lowest BCUT2D eigenvalue weighted by atomic mass is 10.2. The molecular weight excluding hydrogens is 368 g/mol. The Kier molecular flexibility index (Phi) is 7.67. The molecule has 0 bridgehead atoms. The molecule has 0 unspecified atom stereocenters. The maximum atomic E-state index is 11.7. The highest BCUT2D eigenvalue weighted by atomic mass is 16.5. The second-order valence-electron chi connectivity index (χ2n) is 6.81. The monoisotopic (exact) mass is 396 g/mol. The molecule has 3 aromatic rings. The van der Waals surface area contributed by atoms with E-state index < -0.39 is 0 Å². The minimum atomic E-state index is -0.0301. The summed E-state index contributed by atoms with van der Waals surface area (Å²) in [6.07, 6.45) is 2.39. The van der Waals surface area contributed by atoms with Crippen LogP contribution in [0.4, 0.5) is 5.69 Å². The number of piperazine rings is 1. The fourth-order valence-corrected chi connectivity index (χ4v) is 3.50. The molecule has 6 nitrogen and oxygen atoms in total. The molecule has 1 fully saturated rings. The first-order valence-electron chi connectivity index (χ1n) is 9.91. The summed E-state index contributed by atoms with van der Waals surface area (Å²) in [5.74, 6) is 0.741. The van der Waals surface area contributed by atoms with Crippen molar-refractivity contribution in [2.45, 2.75) is 6.42 Å². The minimum Gasteiger partial charge on any atom is -0.493 e. The minimum absolute atomic E-state index is 0.0301. The number of fused-ring (bicyclic) bond motifs is 1. The van der Waals surface area contributed by atoms with Crippen LogP contribution in [-0.4, -0.2) is 56.4 Å². The molecule has 1 N–H and O–H groups in total. The van der Waals surface area contributed by atoms with Gasteiger partial charge in [0, 0.05) is 57.7 Å². The van der Waals surface area contributed by atoms with Gasteiger partial charge in [0.25, 0.3) is 0 Å². The number of ether oxygens (including phenoxy) is 1. The van der Waals surface area contributed by atoms with Crippen LogP contribution in [0.1, 0.15) is 6.42 Å². The molecular formula is C23H28N2O4. The first kappa shape index (κ1) is 20.9. The predicted molar refractivity (Wildman–Crippen MR) is 116 cm³/mol. The number of para-hydroxylation sites is 1. The summed E-state index contributed by atoms with van der Waals surface area (Å²) in [4.78, 5) is 16.7. The summed E-state index contributed by atoms with van der Waals surface area (Å²) in [7, 11) is 1.00. The van der Waals surface area contributed by atoms with Gasteiger partial charge in [0.05, 0.1) is 18.3 Å². The summed E-state index contributed by atoms with van der Waals surface area (Å²) < 4.78 is 11.2. The summed E-state index contributed by atoms with van der Waals surface area (Å²) in [5, 5.41) is 7.58. The highest BCUT2D eigenvalue weighted by Crippen LogP contribution is 2.19.